The molecule has 0 spiro atoms. The number of benzene rings is 1. The van der Waals surface area contributed by atoms with Gasteiger partial charge in [-0.05, 0) is 56.7 Å². The van der Waals surface area contributed by atoms with E-state index in [4.69, 9.17) is 10.6 Å². The summed E-state index contributed by atoms with van der Waals surface area (Å²) >= 11 is 3.57. The summed E-state index contributed by atoms with van der Waals surface area (Å²) < 4.78 is 6.88. The van der Waals surface area contributed by atoms with Crippen LogP contribution in [0.3, 0.4) is 0 Å². The number of fused-ring (bicyclic) bond motifs is 1. The average Bonchev–Trinajstić information content (AvgIpc) is 2.81. The molecular weight excluding hydrogens is 306 g/mol. The average molecular weight is 328 g/mol. The number of nitrogens with two attached hydrogens (primary N) is 1. The molecule has 1 aliphatic rings. The van der Waals surface area contributed by atoms with Crippen LogP contribution < -0.4 is 16.0 Å². The van der Waals surface area contributed by atoms with Crippen molar-refractivity contribution >= 4 is 15.9 Å². The Labute approximate surface area is 123 Å². The van der Waals surface area contributed by atoms with Crippen molar-refractivity contribution in [2.45, 2.75) is 25.3 Å². The number of halogens is 1. The van der Waals surface area contributed by atoms with Gasteiger partial charge in [0.1, 0.15) is 5.75 Å². The van der Waals surface area contributed by atoms with E-state index in [-0.39, 0.29) is 6.04 Å². The maximum Gasteiger partial charge on any atom is 0.125 e. The lowest BCUT2D eigenvalue weighted by molar-refractivity contribution is 0.342. The zero-order chi connectivity index (χ0) is 13.8. The fourth-order valence-electron chi connectivity index (χ4n) is 2.42. The van der Waals surface area contributed by atoms with E-state index < -0.39 is 0 Å². The van der Waals surface area contributed by atoms with Crippen LogP contribution in [0, 0.1) is 0 Å². The highest BCUT2D eigenvalue weighted by molar-refractivity contribution is 9.10. The summed E-state index contributed by atoms with van der Waals surface area (Å²) in [6, 6.07) is 4.56. The number of nitrogens with zero attached hydrogens (tertiary/aromatic N) is 1. The Bertz CT molecular complexity index is 437. The van der Waals surface area contributed by atoms with Crippen LogP contribution in [0.5, 0.6) is 5.75 Å². The van der Waals surface area contributed by atoms with Gasteiger partial charge in [0.2, 0.25) is 0 Å². The van der Waals surface area contributed by atoms with Crippen molar-refractivity contribution in [3.63, 3.8) is 0 Å². The summed E-state index contributed by atoms with van der Waals surface area (Å²) in [6.07, 6.45) is 2.91. The summed E-state index contributed by atoms with van der Waals surface area (Å²) in [7, 11) is 4.15. The monoisotopic (exact) mass is 327 g/mol. The third kappa shape index (κ3) is 3.92. The third-order valence-corrected chi connectivity index (χ3v) is 3.91. The number of hydrazine groups is 1. The van der Waals surface area contributed by atoms with Gasteiger partial charge in [-0.25, -0.2) is 0 Å². The van der Waals surface area contributed by atoms with E-state index in [0.717, 1.165) is 42.6 Å². The van der Waals surface area contributed by atoms with Crippen LogP contribution in [0.2, 0.25) is 0 Å². The van der Waals surface area contributed by atoms with E-state index in [1.165, 1.54) is 11.1 Å². The maximum absolute atomic E-state index is 5.76. The smallest absolute Gasteiger partial charge is 0.125 e. The standard InChI is InChI=1S/C14H22BrN3O/c1-18(2)5-3-13(17-16)9-11-8-12(15)7-10-4-6-19-14(10)11/h7-8,13,17H,3-6,9,16H2,1-2H3. The van der Waals surface area contributed by atoms with Crippen LogP contribution in [-0.4, -0.2) is 38.2 Å². The Morgan fingerprint density at radius 2 is 2.26 bits per heavy atom. The minimum atomic E-state index is 0.269. The van der Waals surface area contributed by atoms with Crippen molar-refractivity contribution < 1.29 is 4.74 Å². The summed E-state index contributed by atoms with van der Waals surface area (Å²) in [5.74, 6) is 6.73. The van der Waals surface area contributed by atoms with Gasteiger partial charge in [-0.3, -0.25) is 11.3 Å². The second-order valence-corrected chi connectivity index (χ2v) is 6.23. The van der Waals surface area contributed by atoms with Crippen molar-refractivity contribution in [3.05, 3.63) is 27.7 Å². The highest BCUT2D eigenvalue weighted by Gasteiger charge is 2.19. The lowest BCUT2D eigenvalue weighted by atomic mass is 10.00. The fourth-order valence-corrected chi connectivity index (χ4v) is 2.97. The molecule has 4 nitrogen and oxygen atoms in total. The van der Waals surface area contributed by atoms with Crippen LogP contribution in [0.1, 0.15) is 17.5 Å². The first-order valence-corrected chi connectivity index (χ1v) is 7.44. The molecule has 0 radical (unpaired) electrons. The molecule has 106 valence electrons. The van der Waals surface area contributed by atoms with Crippen LogP contribution in [-0.2, 0) is 12.8 Å². The quantitative estimate of drug-likeness (QED) is 0.617. The van der Waals surface area contributed by atoms with Gasteiger partial charge in [0.25, 0.3) is 0 Å². The van der Waals surface area contributed by atoms with Crippen molar-refractivity contribution in [1.29, 1.82) is 0 Å². The first-order chi connectivity index (χ1) is 9.10. The number of ether oxygens (including phenoxy) is 1. The molecule has 1 aromatic rings. The molecule has 0 saturated carbocycles. The molecule has 3 N–H and O–H groups in total. The molecule has 1 aromatic carbocycles. The molecule has 0 aliphatic carbocycles. The highest BCUT2D eigenvalue weighted by Crippen LogP contribution is 2.33. The molecule has 5 heteroatoms. The van der Waals surface area contributed by atoms with E-state index >= 15 is 0 Å². The van der Waals surface area contributed by atoms with Crippen LogP contribution >= 0.6 is 15.9 Å². The predicted octanol–water partition coefficient (Wildman–Crippen LogP) is 1.71. The second kappa shape index (κ2) is 6.70. The Balaban J connectivity index is 2.09. The Hall–Kier alpha value is -0.620. The summed E-state index contributed by atoms with van der Waals surface area (Å²) in [5, 5.41) is 0. The second-order valence-electron chi connectivity index (χ2n) is 5.31. The van der Waals surface area contributed by atoms with Gasteiger partial charge in [0, 0.05) is 16.9 Å². The lowest BCUT2D eigenvalue weighted by Crippen LogP contribution is -2.38. The SMILES string of the molecule is CN(C)CCC(Cc1cc(Br)cc2c1OCC2)NN. The summed E-state index contributed by atoms with van der Waals surface area (Å²) in [5.41, 5.74) is 5.46. The minimum Gasteiger partial charge on any atom is -0.493 e. The number of hydrogen-bond donors (Lipinski definition) is 2. The summed E-state index contributed by atoms with van der Waals surface area (Å²) in [4.78, 5) is 2.17. The molecule has 2 rings (SSSR count). The number of hydrogen-bond acceptors (Lipinski definition) is 4. The molecule has 0 bridgehead atoms. The van der Waals surface area contributed by atoms with Crippen LogP contribution in [0.15, 0.2) is 16.6 Å². The largest absolute Gasteiger partial charge is 0.493 e. The lowest BCUT2D eigenvalue weighted by Gasteiger charge is -2.20. The van der Waals surface area contributed by atoms with E-state index in [2.05, 4.69) is 52.5 Å². The van der Waals surface area contributed by atoms with Crippen molar-refractivity contribution in [3.8, 4) is 5.75 Å². The molecule has 1 heterocycles. The molecule has 19 heavy (non-hydrogen) atoms. The van der Waals surface area contributed by atoms with Crippen molar-refractivity contribution in [1.82, 2.24) is 10.3 Å². The Morgan fingerprint density at radius 3 is 2.95 bits per heavy atom. The molecule has 0 amide bonds. The molecule has 0 saturated heterocycles. The molecule has 1 aliphatic heterocycles. The molecule has 0 fully saturated rings. The van der Waals surface area contributed by atoms with Crippen molar-refractivity contribution in [2.75, 3.05) is 27.2 Å². The van der Waals surface area contributed by atoms with Crippen LogP contribution in [0.4, 0.5) is 0 Å². The first kappa shape index (κ1) is 14.8. The van der Waals surface area contributed by atoms with Crippen molar-refractivity contribution in [2.24, 2.45) is 5.84 Å². The van der Waals surface area contributed by atoms with E-state index in [0.29, 0.717) is 0 Å². The van der Waals surface area contributed by atoms with Gasteiger partial charge in [0.15, 0.2) is 0 Å². The first-order valence-electron chi connectivity index (χ1n) is 6.65. The number of rotatable bonds is 6. The van der Waals surface area contributed by atoms with Gasteiger partial charge in [-0.15, -0.1) is 0 Å². The minimum absolute atomic E-state index is 0.269. The third-order valence-electron chi connectivity index (χ3n) is 3.45. The normalized spacial score (nSPS) is 15.4. The van der Waals surface area contributed by atoms with Gasteiger partial charge < -0.3 is 9.64 Å². The van der Waals surface area contributed by atoms with Gasteiger partial charge in [-0.2, -0.15) is 0 Å². The van der Waals surface area contributed by atoms with E-state index in [9.17, 15) is 0 Å². The topological polar surface area (TPSA) is 50.5 Å². The zero-order valence-electron chi connectivity index (χ0n) is 11.6. The molecule has 0 aromatic heterocycles. The predicted molar refractivity (Wildman–Crippen MR) is 81.3 cm³/mol. The molecule has 1 atom stereocenters. The number of nitrogens with one attached hydrogen (secondary N) is 1. The van der Waals surface area contributed by atoms with Gasteiger partial charge in [-0.1, -0.05) is 15.9 Å². The van der Waals surface area contributed by atoms with E-state index in [1.54, 1.807) is 0 Å². The van der Waals surface area contributed by atoms with Gasteiger partial charge >= 0.3 is 0 Å². The Morgan fingerprint density at radius 1 is 1.47 bits per heavy atom. The fraction of sp³-hybridized carbons (Fsp3) is 0.571. The Kier molecular flexibility index (Phi) is 5.21. The van der Waals surface area contributed by atoms with E-state index in [1.807, 2.05) is 0 Å². The van der Waals surface area contributed by atoms with Crippen LogP contribution in [0.25, 0.3) is 0 Å². The molecular formula is C14H22BrN3O. The zero-order valence-corrected chi connectivity index (χ0v) is 13.2. The maximum atomic E-state index is 5.76. The highest BCUT2D eigenvalue weighted by atomic mass is 79.9. The summed E-state index contributed by atoms with van der Waals surface area (Å²) in [6.45, 7) is 1.81. The van der Waals surface area contributed by atoms with Gasteiger partial charge in [0.05, 0.1) is 6.61 Å². The molecule has 1 unspecified atom stereocenters.